The Morgan fingerprint density at radius 2 is 2.00 bits per heavy atom. The molecule has 5 nitrogen and oxygen atoms in total. The molecule has 0 saturated heterocycles. The third-order valence-corrected chi connectivity index (χ3v) is 2.82. The van der Waals surface area contributed by atoms with Crippen molar-refractivity contribution >= 4 is 5.91 Å². The average molecular weight is 286 g/mol. The van der Waals surface area contributed by atoms with Crippen molar-refractivity contribution in [1.82, 2.24) is 5.32 Å². The Bertz CT molecular complexity index is 495. The van der Waals surface area contributed by atoms with Crippen LogP contribution in [0, 0.1) is 0 Å². The molecule has 0 atom stereocenters. The van der Waals surface area contributed by atoms with Gasteiger partial charge in [-0.1, -0.05) is 0 Å². The van der Waals surface area contributed by atoms with Crippen molar-refractivity contribution in [3.63, 3.8) is 0 Å². The average Bonchev–Trinajstić information content (AvgIpc) is 2.69. The summed E-state index contributed by atoms with van der Waals surface area (Å²) in [5.74, 6) is -2.72. The third kappa shape index (κ3) is 3.57. The zero-order valence-corrected chi connectivity index (χ0v) is 10.8. The number of alkyl halides is 2. The number of nitrogens with two attached hydrogens (primary N) is 1. The zero-order valence-electron chi connectivity index (χ0n) is 10.8. The van der Waals surface area contributed by atoms with Crippen LogP contribution in [0.15, 0.2) is 18.2 Å². The number of hydrogen-bond donors (Lipinski definition) is 2. The second kappa shape index (κ2) is 6.04. The number of ether oxygens (including phenoxy) is 2. The quantitative estimate of drug-likeness (QED) is 0.871. The number of halogens is 2. The molecule has 0 radical (unpaired) electrons. The first-order valence-electron chi connectivity index (χ1n) is 6.27. The summed E-state index contributed by atoms with van der Waals surface area (Å²) in [5.41, 5.74) is 5.14. The van der Waals surface area contributed by atoms with Gasteiger partial charge in [0.25, 0.3) is 11.8 Å². The second-order valence-corrected chi connectivity index (χ2v) is 4.45. The van der Waals surface area contributed by atoms with Crippen LogP contribution in [0.5, 0.6) is 11.5 Å². The molecule has 2 rings (SSSR count). The van der Waals surface area contributed by atoms with Crippen molar-refractivity contribution in [3.05, 3.63) is 23.8 Å². The number of carbonyl (C=O) groups excluding carboxylic acids is 1. The molecule has 7 heteroatoms. The molecule has 110 valence electrons. The molecule has 0 fully saturated rings. The first-order valence-corrected chi connectivity index (χ1v) is 6.27. The predicted molar refractivity (Wildman–Crippen MR) is 68.4 cm³/mol. The lowest BCUT2D eigenvalue weighted by molar-refractivity contribution is 0.0118. The van der Waals surface area contributed by atoms with Gasteiger partial charge in [0.05, 0.1) is 26.3 Å². The summed E-state index contributed by atoms with van der Waals surface area (Å²) in [6.07, 6.45) is 0.749. The van der Waals surface area contributed by atoms with Crippen LogP contribution < -0.4 is 20.5 Å². The van der Waals surface area contributed by atoms with E-state index in [4.69, 9.17) is 15.2 Å². The molecule has 0 spiro atoms. The smallest absolute Gasteiger partial charge is 0.277 e. The van der Waals surface area contributed by atoms with Gasteiger partial charge in [-0.2, -0.15) is 0 Å². The summed E-state index contributed by atoms with van der Waals surface area (Å²) in [5, 5.41) is 2.15. The molecule has 3 N–H and O–H groups in total. The van der Waals surface area contributed by atoms with Gasteiger partial charge in [-0.05, 0) is 18.2 Å². The summed E-state index contributed by atoms with van der Waals surface area (Å²) in [4.78, 5) is 11.8. The maximum Gasteiger partial charge on any atom is 0.277 e. The lowest BCUT2D eigenvalue weighted by atomic mass is 10.2. The van der Waals surface area contributed by atoms with E-state index in [9.17, 15) is 13.6 Å². The van der Waals surface area contributed by atoms with Gasteiger partial charge in [0.15, 0.2) is 11.5 Å². The number of fused-ring (bicyclic) bond motifs is 1. The van der Waals surface area contributed by atoms with Crippen LogP contribution in [0.3, 0.4) is 0 Å². The molecule has 0 bridgehead atoms. The molecule has 1 aromatic rings. The molecule has 1 heterocycles. The van der Waals surface area contributed by atoms with Crippen LogP contribution in [0.1, 0.15) is 16.8 Å². The summed E-state index contributed by atoms with van der Waals surface area (Å²) in [6, 6.07) is 4.58. The van der Waals surface area contributed by atoms with E-state index in [0.717, 1.165) is 6.42 Å². The molecule has 0 aliphatic carbocycles. The maximum absolute atomic E-state index is 13.0. The maximum atomic E-state index is 13.0. The minimum atomic E-state index is -3.11. The molecule has 0 aromatic heterocycles. The largest absolute Gasteiger partial charge is 0.490 e. The van der Waals surface area contributed by atoms with E-state index in [1.807, 2.05) is 0 Å². The minimum Gasteiger partial charge on any atom is -0.490 e. The first kappa shape index (κ1) is 14.5. The van der Waals surface area contributed by atoms with E-state index in [1.165, 1.54) is 12.1 Å². The fraction of sp³-hybridized carbons (Fsp3) is 0.462. The summed E-state index contributed by atoms with van der Waals surface area (Å²) < 4.78 is 36.8. The third-order valence-electron chi connectivity index (χ3n) is 2.82. The minimum absolute atomic E-state index is 0.238. The number of nitrogens with one attached hydrogen (secondary N) is 1. The van der Waals surface area contributed by atoms with Gasteiger partial charge >= 0.3 is 0 Å². The van der Waals surface area contributed by atoms with Crippen LogP contribution in [0.2, 0.25) is 0 Å². The lowest BCUT2D eigenvalue weighted by Gasteiger charge is -2.15. The molecule has 1 aromatic carbocycles. The topological polar surface area (TPSA) is 73.6 Å². The first-order chi connectivity index (χ1) is 9.52. The van der Waals surface area contributed by atoms with E-state index in [-0.39, 0.29) is 5.56 Å². The fourth-order valence-electron chi connectivity index (χ4n) is 1.69. The highest BCUT2D eigenvalue weighted by Crippen LogP contribution is 2.30. The Morgan fingerprint density at radius 1 is 1.30 bits per heavy atom. The Hall–Kier alpha value is -1.89. The summed E-state index contributed by atoms with van der Waals surface area (Å²) in [7, 11) is 0. The highest BCUT2D eigenvalue weighted by atomic mass is 19.3. The number of carbonyl (C=O) groups is 1. The van der Waals surface area contributed by atoms with Crippen molar-refractivity contribution in [1.29, 1.82) is 0 Å². The van der Waals surface area contributed by atoms with Gasteiger partial charge in [-0.25, -0.2) is 8.78 Å². The van der Waals surface area contributed by atoms with Crippen LogP contribution in [-0.4, -0.2) is 38.1 Å². The van der Waals surface area contributed by atoms with E-state index < -0.39 is 24.9 Å². The molecular formula is C13H16F2N2O3. The van der Waals surface area contributed by atoms with Gasteiger partial charge in [-0.3, -0.25) is 4.79 Å². The highest BCUT2D eigenvalue weighted by Gasteiger charge is 2.27. The number of hydrogen-bond acceptors (Lipinski definition) is 4. The number of rotatable bonds is 4. The lowest BCUT2D eigenvalue weighted by Crippen LogP contribution is -2.41. The molecule has 1 aliphatic heterocycles. The summed E-state index contributed by atoms with van der Waals surface area (Å²) in [6.45, 7) is -0.574. The fourth-order valence-corrected chi connectivity index (χ4v) is 1.69. The monoisotopic (exact) mass is 286 g/mol. The highest BCUT2D eigenvalue weighted by molar-refractivity contribution is 5.94. The Labute approximate surface area is 115 Å². The molecular weight excluding hydrogens is 270 g/mol. The van der Waals surface area contributed by atoms with Crippen molar-refractivity contribution in [2.24, 2.45) is 5.73 Å². The van der Waals surface area contributed by atoms with Crippen LogP contribution in [-0.2, 0) is 0 Å². The number of amides is 1. The van der Waals surface area contributed by atoms with Crippen molar-refractivity contribution in [2.75, 3.05) is 26.3 Å². The Balaban J connectivity index is 2.05. The normalized spacial score (nSPS) is 14.6. The standard InChI is InChI=1S/C13H16F2N2O3/c14-13(15,7-16)8-17-12(18)9-2-3-10-11(6-9)20-5-1-4-19-10/h2-3,6H,1,4-5,7-8,16H2,(H,17,18). The van der Waals surface area contributed by atoms with Gasteiger partial charge in [0.1, 0.15) is 0 Å². The second-order valence-electron chi connectivity index (χ2n) is 4.45. The van der Waals surface area contributed by atoms with Crippen molar-refractivity contribution in [3.8, 4) is 11.5 Å². The van der Waals surface area contributed by atoms with Gasteiger partial charge in [0.2, 0.25) is 0 Å². The molecule has 1 amide bonds. The Morgan fingerprint density at radius 3 is 2.70 bits per heavy atom. The van der Waals surface area contributed by atoms with Crippen molar-refractivity contribution in [2.45, 2.75) is 12.3 Å². The van der Waals surface area contributed by atoms with Gasteiger partial charge in [0, 0.05) is 12.0 Å². The van der Waals surface area contributed by atoms with Crippen molar-refractivity contribution < 1.29 is 23.0 Å². The molecule has 20 heavy (non-hydrogen) atoms. The zero-order chi connectivity index (χ0) is 14.6. The predicted octanol–water partition coefficient (Wildman–Crippen LogP) is 1.17. The SMILES string of the molecule is NCC(F)(F)CNC(=O)c1ccc2c(c1)OCCCO2. The van der Waals surface area contributed by atoms with E-state index in [1.54, 1.807) is 6.07 Å². The molecule has 1 aliphatic rings. The van der Waals surface area contributed by atoms with Crippen LogP contribution >= 0.6 is 0 Å². The molecule has 0 unspecified atom stereocenters. The molecule has 0 saturated carbocycles. The van der Waals surface area contributed by atoms with Crippen LogP contribution in [0.25, 0.3) is 0 Å². The van der Waals surface area contributed by atoms with Gasteiger partial charge < -0.3 is 20.5 Å². The Kier molecular flexibility index (Phi) is 4.39. The van der Waals surface area contributed by atoms with E-state index in [2.05, 4.69) is 5.32 Å². The van der Waals surface area contributed by atoms with Gasteiger partial charge in [-0.15, -0.1) is 0 Å². The summed E-state index contributed by atoms with van der Waals surface area (Å²) >= 11 is 0. The number of benzene rings is 1. The van der Waals surface area contributed by atoms with Crippen LogP contribution in [0.4, 0.5) is 8.78 Å². The van der Waals surface area contributed by atoms with E-state index >= 15 is 0 Å². The van der Waals surface area contributed by atoms with E-state index in [0.29, 0.717) is 24.7 Å².